The summed E-state index contributed by atoms with van der Waals surface area (Å²) in [6, 6.07) is 0. The van der Waals surface area contributed by atoms with E-state index >= 15 is 0 Å². The molecular weight excluding hydrogens is 194 g/mol. The smallest absolute Gasteiger partial charge is 0.230 e. The fraction of sp³-hybridized carbons (Fsp3) is 0.500. The molecule has 66 valence electrons. The van der Waals surface area contributed by atoms with Crippen molar-refractivity contribution >= 4 is 29.0 Å². The Kier molecular flexibility index (Phi) is 3.05. The van der Waals surface area contributed by atoms with Crippen molar-refractivity contribution in [2.45, 2.75) is 23.4 Å². The molecule has 0 spiro atoms. The summed E-state index contributed by atoms with van der Waals surface area (Å²) in [5.74, 6) is -0.326. The van der Waals surface area contributed by atoms with Crippen LogP contribution in [-0.2, 0) is 4.79 Å². The first-order chi connectivity index (χ1) is 5.59. The van der Waals surface area contributed by atoms with Crippen molar-refractivity contribution in [3.05, 3.63) is 5.01 Å². The van der Waals surface area contributed by atoms with Gasteiger partial charge in [-0.05, 0) is 13.8 Å². The fourth-order valence-corrected chi connectivity index (χ4v) is 2.45. The normalized spacial score (nSPS) is 12.8. The molecule has 0 aliphatic rings. The zero-order chi connectivity index (χ0) is 9.14. The summed E-state index contributed by atoms with van der Waals surface area (Å²) in [6.45, 7) is 3.63. The Labute approximate surface area is 78.6 Å². The topological polar surface area (TPSA) is 68.9 Å². The molecule has 1 atom stereocenters. The summed E-state index contributed by atoms with van der Waals surface area (Å²) in [7, 11) is 0. The van der Waals surface area contributed by atoms with Crippen molar-refractivity contribution in [3.8, 4) is 0 Å². The Morgan fingerprint density at radius 3 is 2.75 bits per heavy atom. The summed E-state index contributed by atoms with van der Waals surface area (Å²) < 4.78 is 0.791. The van der Waals surface area contributed by atoms with Crippen LogP contribution in [0.25, 0.3) is 0 Å². The number of carbonyl (C=O) groups excluding carboxylic acids is 1. The Morgan fingerprint density at radius 1 is 1.67 bits per heavy atom. The lowest BCUT2D eigenvalue weighted by molar-refractivity contribution is -0.117. The standard InChI is InChI=1S/C6H9N3OS2/c1-3(5(7)10)11-6-9-8-4(2)12-6/h3H,1-2H3,(H2,7,10)/t3-/m1/s1. The number of primary amides is 1. The van der Waals surface area contributed by atoms with Crippen LogP contribution in [0.4, 0.5) is 0 Å². The third kappa shape index (κ3) is 2.46. The molecule has 0 aliphatic carbocycles. The van der Waals surface area contributed by atoms with Crippen molar-refractivity contribution in [2.24, 2.45) is 5.73 Å². The highest BCUT2D eigenvalue weighted by Crippen LogP contribution is 2.25. The highest BCUT2D eigenvalue weighted by molar-refractivity contribution is 8.02. The van der Waals surface area contributed by atoms with E-state index in [1.165, 1.54) is 23.1 Å². The van der Waals surface area contributed by atoms with Crippen molar-refractivity contribution < 1.29 is 4.79 Å². The minimum Gasteiger partial charge on any atom is -0.369 e. The van der Waals surface area contributed by atoms with Crippen molar-refractivity contribution in [3.63, 3.8) is 0 Å². The number of hydrogen-bond acceptors (Lipinski definition) is 5. The Morgan fingerprint density at radius 2 is 2.33 bits per heavy atom. The Bertz CT molecular complexity index is 286. The molecule has 0 fully saturated rings. The lowest BCUT2D eigenvalue weighted by Gasteiger charge is -2.01. The van der Waals surface area contributed by atoms with E-state index in [1.54, 1.807) is 6.92 Å². The molecule has 0 aliphatic heterocycles. The van der Waals surface area contributed by atoms with Crippen LogP contribution in [0.15, 0.2) is 4.34 Å². The number of hydrogen-bond donors (Lipinski definition) is 1. The lowest BCUT2D eigenvalue weighted by atomic mass is 10.5. The van der Waals surface area contributed by atoms with Gasteiger partial charge in [0.1, 0.15) is 5.01 Å². The van der Waals surface area contributed by atoms with Gasteiger partial charge in [0, 0.05) is 0 Å². The van der Waals surface area contributed by atoms with Gasteiger partial charge >= 0.3 is 0 Å². The highest BCUT2D eigenvalue weighted by Gasteiger charge is 2.12. The van der Waals surface area contributed by atoms with Crippen molar-refractivity contribution in [1.29, 1.82) is 0 Å². The van der Waals surface area contributed by atoms with Gasteiger partial charge in [-0.2, -0.15) is 0 Å². The lowest BCUT2D eigenvalue weighted by Crippen LogP contribution is -2.22. The second kappa shape index (κ2) is 3.86. The molecule has 6 heteroatoms. The zero-order valence-electron chi connectivity index (χ0n) is 6.77. The van der Waals surface area contributed by atoms with E-state index in [1.807, 2.05) is 6.92 Å². The summed E-state index contributed by atoms with van der Waals surface area (Å²) in [5, 5.41) is 8.35. The van der Waals surface area contributed by atoms with Gasteiger partial charge in [-0.1, -0.05) is 23.1 Å². The first kappa shape index (κ1) is 9.47. The number of aryl methyl sites for hydroxylation is 1. The van der Waals surface area contributed by atoms with E-state index in [4.69, 9.17) is 5.73 Å². The Hall–Kier alpha value is -0.620. The molecule has 0 saturated heterocycles. The maximum absolute atomic E-state index is 10.7. The molecule has 4 nitrogen and oxygen atoms in total. The zero-order valence-corrected chi connectivity index (χ0v) is 8.41. The summed E-state index contributed by atoms with van der Waals surface area (Å²) in [5.41, 5.74) is 5.09. The minimum absolute atomic E-state index is 0.239. The second-order valence-corrected chi connectivity index (χ2v) is 5.02. The maximum Gasteiger partial charge on any atom is 0.230 e. The molecule has 0 radical (unpaired) electrons. The van der Waals surface area contributed by atoms with Crippen LogP contribution in [0.2, 0.25) is 0 Å². The van der Waals surface area contributed by atoms with Crippen LogP contribution in [0.5, 0.6) is 0 Å². The molecule has 1 heterocycles. The van der Waals surface area contributed by atoms with E-state index in [0.29, 0.717) is 0 Å². The van der Waals surface area contributed by atoms with E-state index in [9.17, 15) is 4.79 Å². The van der Waals surface area contributed by atoms with Gasteiger partial charge in [-0.15, -0.1) is 10.2 Å². The number of aromatic nitrogens is 2. The largest absolute Gasteiger partial charge is 0.369 e. The molecule has 0 aromatic carbocycles. The van der Waals surface area contributed by atoms with Gasteiger partial charge in [-0.25, -0.2) is 0 Å². The van der Waals surface area contributed by atoms with Crippen LogP contribution < -0.4 is 5.73 Å². The summed E-state index contributed by atoms with van der Waals surface area (Å²) >= 11 is 2.81. The number of amides is 1. The molecular formula is C6H9N3OS2. The molecule has 2 N–H and O–H groups in total. The second-order valence-electron chi connectivity index (χ2n) is 2.25. The SMILES string of the molecule is Cc1nnc(S[C@H](C)C(N)=O)s1. The average Bonchev–Trinajstić information content (AvgIpc) is 2.35. The van der Waals surface area contributed by atoms with Crippen LogP contribution in [-0.4, -0.2) is 21.4 Å². The molecule has 0 unspecified atom stereocenters. The first-order valence-electron chi connectivity index (χ1n) is 3.35. The van der Waals surface area contributed by atoms with Crippen LogP contribution >= 0.6 is 23.1 Å². The van der Waals surface area contributed by atoms with Gasteiger partial charge in [0.2, 0.25) is 5.91 Å². The Balaban J connectivity index is 2.58. The highest BCUT2D eigenvalue weighted by atomic mass is 32.2. The average molecular weight is 203 g/mol. The molecule has 12 heavy (non-hydrogen) atoms. The van der Waals surface area contributed by atoms with Crippen LogP contribution in [0.1, 0.15) is 11.9 Å². The number of rotatable bonds is 3. The van der Waals surface area contributed by atoms with E-state index < -0.39 is 0 Å². The molecule has 1 amide bonds. The van der Waals surface area contributed by atoms with E-state index in [-0.39, 0.29) is 11.2 Å². The van der Waals surface area contributed by atoms with E-state index in [2.05, 4.69) is 10.2 Å². The number of nitrogens with zero attached hydrogens (tertiary/aromatic N) is 2. The third-order valence-corrected chi connectivity index (χ3v) is 3.23. The van der Waals surface area contributed by atoms with E-state index in [0.717, 1.165) is 9.35 Å². The summed E-state index contributed by atoms with van der Waals surface area (Å²) in [4.78, 5) is 10.7. The van der Waals surface area contributed by atoms with Gasteiger partial charge in [0.25, 0.3) is 0 Å². The molecule has 0 bridgehead atoms. The molecule has 1 aromatic heterocycles. The monoisotopic (exact) mass is 203 g/mol. The number of nitrogens with two attached hydrogens (primary N) is 1. The number of thioether (sulfide) groups is 1. The van der Waals surface area contributed by atoms with Gasteiger partial charge in [0.05, 0.1) is 5.25 Å². The molecule has 0 saturated carbocycles. The molecule has 1 rings (SSSR count). The third-order valence-electron chi connectivity index (χ3n) is 1.19. The van der Waals surface area contributed by atoms with Crippen molar-refractivity contribution in [1.82, 2.24) is 10.2 Å². The quantitative estimate of drug-likeness (QED) is 0.738. The molecule has 1 aromatic rings. The predicted octanol–water partition coefficient (Wildman–Crippen LogP) is 0.812. The van der Waals surface area contributed by atoms with Crippen LogP contribution in [0, 0.1) is 6.92 Å². The van der Waals surface area contributed by atoms with Crippen molar-refractivity contribution in [2.75, 3.05) is 0 Å². The fourth-order valence-electron chi connectivity index (χ4n) is 0.535. The van der Waals surface area contributed by atoms with Gasteiger partial charge < -0.3 is 5.73 Å². The maximum atomic E-state index is 10.7. The van der Waals surface area contributed by atoms with Crippen LogP contribution in [0.3, 0.4) is 0 Å². The first-order valence-corrected chi connectivity index (χ1v) is 5.05. The van der Waals surface area contributed by atoms with Gasteiger partial charge in [-0.3, -0.25) is 4.79 Å². The predicted molar refractivity (Wildman–Crippen MR) is 49.2 cm³/mol. The summed E-state index contributed by atoms with van der Waals surface area (Å²) in [6.07, 6.45) is 0. The number of carbonyl (C=O) groups is 1. The minimum atomic E-state index is -0.326. The van der Waals surface area contributed by atoms with Gasteiger partial charge in [0.15, 0.2) is 4.34 Å².